The Bertz CT molecular complexity index is 360. The van der Waals surface area contributed by atoms with Gasteiger partial charge in [0.15, 0.2) is 0 Å². The number of rotatable bonds is 8. The summed E-state index contributed by atoms with van der Waals surface area (Å²) in [7, 11) is 0. The molecule has 0 bridgehead atoms. The summed E-state index contributed by atoms with van der Waals surface area (Å²) in [5.41, 5.74) is 0. The van der Waals surface area contributed by atoms with Gasteiger partial charge < -0.3 is 5.32 Å². The highest BCUT2D eigenvalue weighted by atomic mass is 79.9. The molecule has 0 saturated carbocycles. The van der Waals surface area contributed by atoms with Gasteiger partial charge in [-0.05, 0) is 47.2 Å². The van der Waals surface area contributed by atoms with Crippen molar-refractivity contribution in [1.82, 2.24) is 9.97 Å². The van der Waals surface area contributed by atoms with Crippen molar-refractivity contribution in [1.29, 1.82) is 0 Å². The van der Waals surface area contributed by atoms with E-state index in [2.05, 4.69) is 52.0 Å². The Hall–Kier alpha value is -0.290. The van der Waals surface area contributed by atoms with E-state index in [-0.39, 0.29) is 0 Å². The number of aromatic nitrogens is 2. The summed E-state index contributed by atoms with van der Waals surface area (Å²) in [6.45, 7) is 6.54. The van der Waals surface area contributed by atoms with Gasteiger partial charge in [-0.15, -0.1) is 0 Å². The van der Waals surface area contributed by atoms with Gasteiger partial charge in [0.25, 0.3) is 0 Å². The van der Waals surface area contributed by atoms with Crippen LogP contribution in [0.4, 0.5) is 5.82 Å². The zero-order valence-electron chi connectivity index (χ0n) is 11.4. The maximum absolute atomic E-state index is 4.53. The first-order valence-corrected chi connectivity index (χ1v) is 8.48. The third kappa shape index (κ3) is 6.05. The van der Waals surface area contributed by atoms with Gasteiger partial charge in [0.2, 0.25) is 0 Å². The number of nitrogens with one attached hydrogen (secondary N) is 1. The molecular weight excluding hydrogens is 310 g/mol. The van der Waals surface area contributed by atoms with E-state index < -0.39 is 0 Å². The zero-order chi connectivity index (χ0) is 13.4. The van der Waals surface area contributed by atoms with Gasteiger partial charge in [0.05, 0.1) is 0 Å². The molecule has 1 heterocycles. The molecule has 1 unspecified atom stereocenters. The first kappa shape index (κ1) is 15.8. The number of thioether (sulfide) groups is 1. The molecule has 0 aliphatic rings. The van der Waals surface area contributed by atoms with E-state index in [0.29, 0.717) is 6.04 Å². The van der Waals surface area contributed by atoms with Gasteiger partial charge >= 0.3 is 0 Å². The van der Waals surface area contributed by atoms with Crippen LogP contribution in [0, 0.1) is 0 Å². The summed E-state index contributed by atoms with van der Waals surface area (Å²) in [5, 5.41) is 3.45. The summed E-state index contributed by atoms with van der Waals surface area (Å²) in [6, 6.07) is 2.39. The Balaban J connectivity index is 2.54. The highest BCUT2D eigenvalue weighted by molar-refractivity contribution is 9.10. The lowest BCUT2D eigenvalue weighted by molar-refractivity contribution is 0.757. The number of halogens is 1. The van der Waals surface area contributed by atoms with Crippen molar-refractivity contribution in [3.63, 3.8) is 0 Å². The van der Waals surface area contributed by atoms with Crippen molar-refractivity contribution in [2.75, 3.05) is 16.8 Å². The molecule has 1 rings (SSSR count). The number of anilines is 1. The van der Waals surface area contributed by atoms with Crippen LogP contribution in [0.5, 0.6) is 0 Å². The van der Waals surface area contributed by atoms with E-state index >= 15 is 0 Å². The molecular formula is C13H22BrN3S. The number of nitrogens with zero attached hydrogens (tertiary/aromatic N) is 2. The average Bonchev–Trinajstić information content (AvgIpc) is 2.28. The van der Waals surface area contributed by atoms with Crippen molar-refractivity contribution < 1.29 is 0 Å². The fraction of sp³-hybridized carbons (Fsp3) is 0.692. The van der Waals surface area contributed by atoms with Crippen molar-refractivity contribution >= 4 is 33.5 Å². The molecule has 102 valence electrons. The lowest BCUT2D eigenvalue weighted by atomic mass is 10.2. The fourth-order valence-corrected chi connectivity index (χ4v) is 2.83. The zero-order valence-corrected chi connectivity index (χ0v) is 13.8. The monoisotopic (exact) mass is 331 g/mol. The number of hydrogen-bond donors (Lipinski definition) is 1. The van der Waals surface area contributed by atoms with Crippen molar-refractivity contribution in [2.45, 2.75) is 46.1 Å². The summed E-state index contributed by atoms with van der Waals surface area (Å²) in [4.78, 5) is 8.90. The first-order valence-electron chi connectivity index (χ1n) is 6.53. The van der Waals surface area contributed by atoms with Crippen LogP contribution < -0.4 is 5.32 Å². The van der Waals surface area contributed by atoms with Crippen LogP contribution in [0.2, 0.25) is 0 Å². The van der Waals surface area contributed by atoms with Crippen LogP contribution in [0.25, 0.3) is 0 Å². The normalized spacial score (nSPS) is 12.4. The van der Waals surface area contributed by atoms with E-state index in [9.17, 15) is 0 Å². The first-order chi connectivity index (χ1) is 8.65. The Kier molecular flexibility index (Phi) is 7.66. The molecule has 1 aromatic heterocycles. The summed E-state index contributed by atoms with van der Waals surface area (Å²) < 4.78 is 0.860. The van der Waals surface area contributed by atoms with Gasteiger partial charge in [-0.2, -0.15) is 11.8 Å². The van der Waals surface area contributed by atoms with Crippen molar-refractivity contribution in [2.24, 2.45) is 0 Å². The minimum atomic E-state index is 0.445. The van der Waals surface area contributed by atoms with Gasteiger partial charge in [-0.1, -0.05) is 13.8 Å². The van der Waals surface area contributed by atoms with Gasteiger partial charge in [-0.25, -0.2) is 9.97 Å². The Morgan fingerprint density at radius 3 is 2.83 bits per heavy atom. The topological polar surface area (TPSA) is 37.8 Å². The van der Waals surface area contributed by atoms with E-state index in [1.54, 1.807) is 0 Å². The molecule has 1 atom stereocenters. The summed E-state index contributed by atoms with van der Waals surface area (Å²) >= 11 is 5.42. The van der Waals surface area contributed by atoms with Crippen LogP contribution in [0.1, 0.15) is 39.4 Å². The SMILES string of the molecule is CCCc1nc(Br)cc(NC(C)CCSCC)n1. The lowest BCUT2D eigenvalue weighted by Gasteiger charge is -2.14. The van der Waals surface area contributed by atoms with Crippen LogP contribution in [0.3, 0.4) is 0 Å². The van der Waals surface area contributed by atoms with Crippen molar-refractivity contribution in [3.05, 3.63) is 16.5 Å². The highest BCUT2D eigenvalue weighted by Gasteiger charge is 2.06. The third-order valence-electron chi connectivity index (χ3n) is 2.51. The van der Waals surface area contributed by atoms with E-state index in [1.807, 2.05) is 17.8 Å². The number of hydrogen-bond acceptors (Lipinski definition) is 4. The van der Waals surface area contributed by atoms with Crippen LogP contribution in [-0.4, -0.2) is 27.5 Å². The molecule has 3 nitrogen and oxygen atoms in total. The minimum Gasteiger partial charge on any atom is -0.367 e. The molecule has 0 aliphatic carbocycles. The smallest absolute Gasteiger partial charge is 0.132 e. The minimum absolute atomic E-state index is 0.445. The lowest BCUT2D eigenvalue weighted by Crippen LogP contribution is -2.17. The maximum atomic E-state index is 4.53. The molecule has 0 radical (unpaired) electrons. The Morgan fingerprint density at radius 2 is 2.17 bits per heavy atom. The largest absolute Gasteiger partial charge is 0.367 e. The molecule has 0 amide bonds. The second-order valence-electron chi connectivity index (χ2n) is 4.27. The molecule has 0 aromatic carbocycles. The summed E-state index contributed by atoms with van der Waals surface area (Å²) in [5.74, 6) is 4.21. The molecule has 0 spiro atoms. The standard InChI is InChI=1S/C13H22BrN3S/c1-4-6-12-16-11(14)9-13(17-12)15-10(3)7-8-18-5-2/h9-10H,4-8H2,1-3H3,(H,15,16,17). The molecule has 1 N–H and O–H groups in total. The predicted octanol–water partition coefficient (Wildman–Crippen LogP) is 4.14. The highest BCUT2D eigenvalue weighted by Crippen LogP contribution is 2.15. The quantitative estimate of drug-likeness (QED) is 0.574. The van der Waals surface area contributed by atoms with Gasteiger partial charge in [0.1, 0.15) is 16.2 Å². The predicted molar refractivity (Wildman–Crippen MR) is 84.4 cm³/mol. The fourth-order valence-electron chi connectivity index (χ4n) is 1.60. The third-order valence-corrected chi connectivity index (χ3v) is 3.85. The maximum Gasteiger partial charge on any atom is 0.132 e. The van der Waals surface area contributed by atoms with Crippen molar-refractivity contribution in [3.8, 4) is 0 Å². The van der Waals surface area contributed by atoms with Gasteiger partial charge in [-0.3, -0.25) is 0 Å². The molecule has 18 heavy (non-hydrogen) atoms. The van der Waals surface area contributed by atoms with Crippen LogP contribution in [0.15, 0.2) is 10.7 Å². The molecule has 1 aromatic rings. The Labute approximate surface area is 123 Å². The molecule has 0 saturated heterocycles. The van der Waals surface area contributed by atoms with Crippen LogP contribution >= 0.6 is 27.7 Å². The second-order valence-corrected chi connectivity index (χ2v) is 6.48. The molecule has 5 heteroatoms. The van der Waals surface area contributed by atoms with Gasteiger partial charge in [0, 0.05) is 18.5 Å². The van der Waals surface area contributed by atoms with E-state index in [4.69, 9.17) is 0 Å². The molecule has 0 aliphatic heterocycles. The Morgan fingerprint density at radius 1 is 1.39 bits per heavy atom. The number of aryl methyl sites for hydroxylation is 1. The summed E-state index contributed by atoms with van der Waals surface area (Å²) in [6.07, 6.45) is 3.15. The van der Waals surface area contributed by atoms with Crippen LogP contribution in [-0.2, 0) is 6.42 Å². The molecule has 0 fully saturated rings. The van der Waals surface area contributed by atoms with E-state index in [1.165, 1.54) is 11.5 Å². The average molecular weight is 332 g/mol. The second kappa shape index (κ2) is 8.75. The van der Waals surface area contributed by atoms with E-state index in [0.717, 1.165) is 35.5 Å².